The highest BCUT2D eigenvalue weighted by atomic mass is 127. The van der Waals surface area contributed by atoms with Crippen LogP contribution >= 0.6 is 24.0 Å². The van der Waals surface area contributed by atoms with Crippen molar-refractivity contribution >= 4 is 41.0 Å². The fourth-order valence-electron chi connectivity index (χ4n) is 2.20. The van der Waals surface area contributed by atoms with Crippen molar-refractivity contribution in [2.24, 2.45) is 10.9 Å². The average Bonchev–Trinajstić information content (AvgIpc) is 2.91. The minimum absolute atomic E-state index is 0. The average molecular weight is 429 g/mol. The monoisotopic (exact) mass is 429 g/mol. The van der Waals surface area contributed by atoms with Crippen LogP contribution in [0.25, 0.3) is 11.0 Å². The number of H-pyrrole nitrogens is 1. The molecule has 0 aliphatic rings. The molecular weight excluding hydrogens is 401 g/mol. The Labute approximate surface area is 155 Å². The van der Waals surface area contributed by atoms with Crippen molar-refractivity contribution in [1.82, 2.24) is 20.6 Å². The number of hydrogen-bond donors (Lipinski definition) is 3. The second-order valence-electron chi connectivity index (χ2n) is 5.84. The van der Waals surface area contributed by atoms with E-state index in [0.717, 1.165) is 55.3 Å². The first kappa shape index (κ1) is 19.7. The Bertz CT molecular complexity index is 573. The Morgan fingerprint density at radius 3 is 2.74 bits per heavy atom. The molecule has 2 aromatic rings. The molecule has 0 aliphatic heterocycles. The van der Waals surface area contributed by atoms with Crippen molar-refractivity contribution in [2.75, 3.05) is 19.6 Å². The maximum Gasteiger partial charge on any atom is 0.191 e. The van der Waals surface area contributed by atoms with Crippen LogP contribution < -0.4 is 10.6 Å². The summed E-state index contributed by atoms with van der Waals surface area (Å²) in [5.41, 5.74) is 2.15. The predicted octanol–water partition coefficient (Wildman–Crippen LogP) is 3.32. The zero-order valence-electron chi connectivity index (χ0n) is 14.2. The third-order valence-corrected chi connectivity index (χ3v) is 3.28. The molecule has 1 aromatic carbocycles. The maximum absolute atomic E-state index is 4.60. The molecule has 0 bridgehead atoms. The highest BCUT2D eigenvalue weighted by Gasteiger charge is 2.02. The minimum atomic E-state index is 0. The van der Waals surface area contributed by atoms with E-state index in [0.29, 0.717) is 5.92 Å². The number of imidazole rings is 1. The molecule has 23 heavy (non-hydrogen) atoms. The molecule has 3 N–H and O–H groups in total. The molecule has 0 aliphatic carbocycles. The quantitative estimate of drug-likeness (QED) is 0.274. The molecule has 1 aromatic heterocycles. The summed E-state index contributed by atoms with van der Waals surface area (Å²) in [7, 11) is 0. The number of halogens is 1. The van der Waals surface area contributed by atoms with Gasteiger partial charge in [-0.15, -0.1) is 24.0 Å². The van der Waals surface area contributed by atoms with Gasteiger partial charge in [-0.1, -0.05) is 26.0 Å². The largest absolute Gasteiger partial charge is 0.357 e. The van der Waals surface area contributed by atoms with Gasteiger partial charge in [0.2, 0.25) is 0 Å². The Morgan fingerprint density at radius 1 is 1.26 bits per heavy atom. The number of nitrogens with one attached hydrogen (secondary N) is 3. The van der Waals surface area contributed by atoms with E-state index >= 15 is 0 Å². The molecular formula is C17H28IN5. The number of aliphatic imine (C=N–C) groups is 1. The van der Waals surface area contributed by atoms with E-state index in [9.17, 15) is 0 Å². The number of guanidine groups is 1. The van der Waals surface area contributed by atoms with Gasteiger partial charge < -0.3 is 15.6 Å². The Hall–Kier alpha value is -1.31. The van der Waals surface area contributed by atoms with Gasteiger partial charge in [-0.25, -0.2) is 4.98 Å². The van der Waals surface area contributed by atoms with Crippen molar-refractivity contribution in [3.8, 4) is 0 Å². The summed E-state index contributed by atoms with van der Waals surface area (Å²) in [4.78, 5) is 12.5. The highest BCUT2D eigenvalue weighted by Crippen LogP contribution is 2.10. The number of hydrogen-bond acceptors (Lipinski definition) is 2. The van der Waals surface area contributed by atoms with Crippen molar-refractivity contribution in [2.45, 2.75) is 33.6 Å². The van der Waals surface area contributed by atoms with Crippen molar-refractivity contribution in [3.05, 3.63) is 30.1 Å². The third-order valence-electron chi connectivity index (χ3n) is 3.28. The SMILES string of the molecule is CCNC(=NCC(C)C)NCCCc1nc2ccccc2[nH]1.I. The van der Waals surface area contributed by atoms with Crippen LogP contribution in [-0.2, 0) is 6.42 Å². The van der Waals surface area contributed by atoms with Gasteiger partial charge in [0, 0.05) is 26.1 Å². The first-order valence-electron chi connectivity index (χ1n) is 8.15. The van der Waals surface area contributed by atoms with Gasteiger partial charge in [-0.3, -0.25) is 4.99 Å². The van der Waals surface area contributed by atoms with Gasteiger partial charge in [0.15, 0.2) is 5.96 Å². The van der Waals surface area contributed by atoms with E-state index in [1.165, 1.54) is 0 Å². The molecule has 0 saturated carbocycles. The van der Waals surface area contributed by atoms with Crippen LogP contribution in [0.15, 0.2) is 29.3 Å². The van der Waals surface area contributed by atoms with Gasteiger partial charge in [0.1, 0.15) is 5.82 Å². The highest BCUT2D eigenvalue weighted by molar-refractivity contribution is 14.0. The van der Waals surface area contributed by atoms with Crippen LogP contribution in [0.2, 0.25) is 0 Å². The van der Waals surface area contributed by atoms with Crippen LogP contribution in [0.5, 0.6) is 0 Å². The standard InChI is InChI=1S/C17H27N5.HI/c1-4-18-17(20-12-13(2)3)19-11-7-10-16-21-14-8-5-6-9-15(14)22-16;/h5-6,8-9,13H,4,7,10-12H2,1-3H3,(H,21,22)(H2,18,19,20);1H. The van der Waals surface area contributed by atoms with Gasteiger partial charge in [-0.05, 0) is 31.4 Å². The Balaban J connectivity index is 0.00000264. The van der Waals surface area contributed by atoms with Crippen molar-refractivity contribution in [3.63, 3.8) is 0 Å². The van der Waals surface area contributed by atoms with Gasteiger partial charge in [0.05, 0.1) is 11.0 Å². The minimum Gasteiger partial charge on any atom is -0.357 e. The number of nitrogens with zero attached hydrogens (tertiary/aromatic N) is 2. The van der Waals surface area contributed by atoms with Crippen LogP contribution in [0.4, 0.5) is 0 Å². The second-order valence-corrected chi connectivity index (χ2v) is 5.84. The molecule has 0 saturated heterocycles. The summed E-state index contributed by atoms with van der Waals surface area (Å²) < 4.78 is 0. The first-order valence-corrected chi connectivity index (χ1v) is 8.15. The molecule has 128 valence electrons. The zero-order chi connectivity index (χ0) is 15.8. The number of para-hydroxylation sites is 2. The lowest BCUT2D eigenvalue weighted by Gasteiger charge is -2.11. The van der Waals surface area contributed by atoms with Crippen molar-refractivity contribution < 1.29 is 0 Å². The van der Waals surface area contributed by atoms with E-state index in [-0.39, 0.29) is 24.0 Å². The van der Waals surface area contributed by atoms with Crippen LogP contribution in [0, 0.1) is 5.92 Å². The fraction of sp³-hybridized carbons (Fsp3) is 0.529. The maximum atomic E-state index is 4.60. The number of fused-ring (bicyclic) bond motifs is 1. The topological polar surface area (TPSA) is 65.1 Å². The van der Waals surface area contributed by atoms with E-state index in [4.69, 9.17) is 0 Å². The third kappa shape index (κ3) is 6.76. The zero-order valence-corrected chi connectivity index (χ0v) is 16.6. The van der Waals surface area contributed by atoms with E-state index in [2.05, 4.69) is 52.4 Å². The molecule has 0 atom stereocenters. The number of aromatic amines is 1. The summed E-state index contributed by atoms with van der Waals surface area (Å²) in [6, 6.07) is 8.14. The number of aryl methyl sites for hydroxylation is 1. The normalized spacial score (nSPS) is 11.6. The molecule has 0 unspecified atom stereocenters. The molecule has 5 nitrogen and oxygen atoms in total. The van der Waals surface area contributed by atoms with E-state index in [1.54, 1.807) is 0 Å². The summed E-state index contributed by atoms with van der Waals surface area (Å²) in [5, 5.41) is 6.65. The molecule has 0 radical (unpaired) electrons. The predicted molar refractivity (Wildman–Crippen MR) is 109 cm³/mol. The molecule has 0 spiro atoms. The summed E-state index contributed by atoms with van der Waals surface area (Å²) in [6.45, 7) is 9.05. The second kappa shape index (κ2) is 10.5. The summed E-state index contributed by atoms with van der Waals surface area (Å²) in [6.07, 6.45) is 1.96. The van der Waals surface area contributed by atoms with Crippen molar-refractivity contribution in [1.29, 1.82) is 0 Å². The lowest BCUT2D eigenvalue weighted by atomic mass is 10.2. The van der Waals surface area contributed by atoms with Crippen LogP contribution in [-0.4, -0.2) is 35.6 Å². The van der Waals surface area contributed by atoms with Gasteiger partial charge in [0.25, 0.3) is 0 Å². The van der Waals surface area contributed by atoms with E-state index in [1.807, 2.05) is 18.2 Å². The van der Waals surface area contributed by atoms with E-state index < -0.39 is 0 Å². The number of benzene rings is 1. The molecule has 6 heteroatoms. The summed E-state index contributed by atoms with van der Waals surface area (Å²) in [5.74, 6) is 2.53. The van der Waals surface area contributed by atoms with Crippen LogP contribution in [0.3, 0.4) is 0 Å². The van der Waals surface area contributed by atoms with Gasteiger partial charge >= 0.3 is 0 Å². The Kier molecular flexibility index (Phi) is 8.98. The Morgan fingerprint density at radius 2 is 2.04 bits per heavy atom. The van der Waals surface area contributed by atoms with Crippen LogP contribution in [0.1, 0.15) is 33.0 Å². The lowest BCUT2D eigenvalue weighted by Crippen LogP contribution is -2.38. The first-order chi connectivity index (χ1) is 10.7. The molecule has 2 rings (SSSR count). The van der Waals surface area contributed by atoms with Gasteiger partial charge in [-0.2, -0.15) is 0 Å². The number of aromatic nitrogens is 2. The smallest absolute Gasteiger partial charge is 0.191 e. The fourth-order valence-corrected chi connectivity index (χ4v) is 2.20. The summed E-state index contributed by atoms with van der Waals surface area (Å²) >= 11 is 0. The number of rotatable bonds is 7. The molecule has 0 fully saturated rings. The molecule has 0 amide bonds. The molecule has 1 heterocycles. The lowest BCUT2D eigenvalue weighted by molar-refractivity contribution is 0.653.